The van der Waals surface area contributed by atoms with E-state index in [4.69, 9.17) is 0 Å². The molecule has 2 fully saturated rings. The highest BCUT2D eigenvalue weighted by molar-refractivity contribution is 7.12. The third-order valence-corrected chi connectivity index (χ3v) is 6.09. The Morgan fingerprint density at radius 2 is 2.04 bits per heavy atom. The van der Waals surface area contributed by atoms with Crippen LogP contribution in [0.1, 0.15) is 58.6 Å². The van der Waals surface area contributed by atoms with Gasteiger partial charge in [0.05, 0.1) is 0 Å². The third kappa shape index (κ3) is 3.83. The van der Waals surface area contributed by atoms with E-state index in [-0.39, 0.29) is 17.7 Å². The Labute approximate surface area is 142 Å². The SMILES string of the molecule is Cc1cc(C(=O)CCC(=O)N[C@@H]2CCN3CCCC[C@H]23)c(C)s1. The Hall–Kier alpha value is -1.20. The lowest BCUT2D eigenvalue weighted by molar-refractivity contribution is -0.122. The number of rotatable bonds is 5. The number of hydrogen-bond acceptors (Lipinski definition) is 4. The van der Waals surface area contributed by atoms with Gasteiger partial charge in [0.25, 0.3) is 0 Å². The normalized spacial score (nSPS) is 24.4. The minimum atomic E-state index is 0.0281. The van der Waals surface area contributed by atoms with Gasteiger partial charge in [-0.15, -0.1) is 11.3 Å². The van der Waals surface area contributed by atoms with Gasteiger partial charge in [-0.3, -0.25) is 14.5 Å². The molecular formula is C18H26N2O2S. The number of ketones is 1. The van der Waals surface area contributed by atoms with Crippen molar-refractivity contribution in [2.45, 2.75) is 64.5 Å². The number of hydrogen-bond donors (Lipinski definition) is 1. The highest BCUT2D eigenvalue weighted by Crippen LogP contribution is 2.27. The lowest BCUT2D eigenvalue weighted by Gasteiger charge is -2.32. The maximum atomic E-state index is 12.3. The molecule has 3 rings (SSSR count). The molecule has 23 heavy (non-hydrogen) atoms. The number of piperidine rings is 1. The highest BCUT2D eigenvalue weighted by atomic mass is 32.1. The quantitative estimate of drug-likeness (QED) is 0.842. The van der Waals surface area contributed by atoms with Crippen molar-refractivity contribution in [2.24, 2.45) is 0 Å². The number of aryl methyl sites for hydroxylation is 2. The minimum absolute atomic E-state index is 0.0281. The average Bonchev–Trinajstić information content (AvgIpc) is 3.08. The maximum absolute atomic E-state index is 12.3. The van der Waals surface area contributed by atoms with Crippen molar-refractivity contribution in [3.63, 3.8) is 0 Å². The van der Waals surface area contributed by atoms with Gasteiger partial charge >= 0.3 is 0 Å². The van der Waals surface area contributed by atoms with Crippen molar-refractivity contribution in [3.8, 4) is 0 Å². The van der Waals surface area contributed by atoms with Crippen LogP contribution < -0.4 is 5.32 Å². The van der Waals surface area contributed by atoms with Crippen LogP contribution in [0.25, 0.3) is 0 Å². The Morgan fingerprint density at radius 3 is 2.78 bits per heavy atom. The molecule has 0 unspecified atom stereocenters. The fourth-order valence-electron chi connectivity index (χ4n) is 3.96. The molecule has 0 aromatic carbocycles. The number of fused-ring (bicyclic) bond motifs is 1. The lowest BCUT2D eigenvalue weighted by atomic mass is 9.99. The summed E-state index contributed by atoms with van der Waals surface area (Å²) in [4.78, 5) is 29.2. The Bertz CT molecular complexity index is 596. The summed E-state index contributed by atoms with van der Waals surface area (Å²) in [6.07, 6.45) is 5.40. The molecule has 3 heterocycles. The van der Waals surface area contributed by atoms with Crippen LogP contribution >= 0.6 is 11.3 Å². The summed E-state index contributed by atoms with van der Waals surface area (Å²) in [5.41, 5.74) is 0.791. The monoisotopic (exact) mass is 334 g/mol. The van der Waals surface area contributed by atoms with Crippen LogP contribution in [0.3, 0.4) is 0 Å². The van der Waals surface area contributed by atoms with Crippen LogP contribution in [0.4, 0.5) is 0 Å². The van der Waals surface area contributed by atoms with Crippen molar-refractivity contribution < 1.29 is 9.59 Å². The summed E-state index contributed by atoms with van der Waals surface area (Å²) in [6.45, 7) is 6.26. The lowest BCUT2D eigenvalue weighted by Crippen LogP contribution is -2.46. The van der Waals surface area contributed by atoms with Gasteiger partial charge in [-0.2, -0.15) is 0 Å². The van der Waals surface area contributed by atoms with Crippen molar-refractivity contribution in [1.82, 2.24) is 10.2 Å². The molecule has 4 nitrogen and oxygen atoms in total. The van der Waals surface area contributed by atoms with E-state index < -0.39 is 0 Å². The van der Waals surface area contributed by atoms with Crippen LogP contribution in [-0.4, -0.2) is 41.8 Å². The molecule has 1 aromatic rings. The van der Waals surface area contributed by atoms with Gasteiger partial charge in [-0.1, -0.05) is 6.42 Å². The summed E-state index contributed by atoms with van der Waals surface area (Å²) in [7, 11) is 0. The van der Waals surface area contributed by atoms with E-state index >= 15 is 0 Å². The molecule has 0 radical (unpaired) electrons. The third-order valence-electron chi connectivity index (χ3n) is 5.12. The number of nitrogens with zero attached hydrogens (tertiary/aromatic N) is 1. The summed E-state index contributed by atoms with van der Waals surface area (Å²) in [5.74, 6) is 0.119. The predicted molar refractivity (Wildman–Crippen MR) is 93.1 cm³/mol. The van der Waals surface area contributed by atoms with Crippen LogP contribution in [0.2, 0.25) is 0 Å². The van der Waals surface area contributed by atoms with E-state index in [1.165, 1.54) is 25.8 Å². The molecule has 0 aliphatic carbocycles. The standard InChI is InChI=1S/C18H26N2O2S/c1-12-11-14(13(2)23-12)17(21)6-7-18(22)19-15-8-10-20-9-4-3-5-16(15)20/h11,15-16H,3-10H2,1-2H3,(H,19,22)/t15-,16-/m1/s1. The molecule has 126 valence electrons. The number of nitrogens with one attached hydrogen (secondary N) is 1. The second-order valence-electron chi connectivity index (χ2n) is 6.81. The molecule has 5 heteroatoms. The van der Waals surface area contributed by atoms with Gasteiger partial charge in [0.2, 0.25) is 5.91 Å². The van der Waals surface area contributed by atoms with Gasteiger partial charge in [0.1, 0.15) is 0 Å². The molecule has 1 aromatic heterocycles. The van der Waals surface area contributed by atoms with Crippen molar-refractivity contribution in [2.75, 3.05) is 13.1 Å². The van der Waals surface area contributed by atoms with E-state index in [1.807, 2.05) is 19.9 Å². The fourth-order valence-corrected chi connectivity index (χ4v) is 4.91. The number of carbonyl (C=O) groups is 2. The zero-order valence-corrected chi connectivity index (χ0v) is 14.9. The molecule has 0 saturated carbocycles. The summed E-state index contributed by atoms with van der Waals surface area (Å²) in [6, 6.07) is 2.74. The van der Waals surface area contributed by atoms with E-state index in [0.717, 1.165) is 28.3 Å². The number of thiophene rings is 1. The summed E-state index contributed by atoms with van der Waals surface area (Å²) >= 11 is 1.64. The number of amides is 1. The molecule has 1 N–H and O–H groups in total. The predicted octanol–water partition coefficient (Wildman–Crippen LogP) is 3.07. The topological polar surface area (TPSA) is 49.4 Å². The number of carbonyl (C=O) groups excluding carboxylic acids is 2. The van der Waals surface area contributed by atoms with Gasteiger partial charge < -0.3 is 5.32 Å². The molecule has 2 aliphatic rings. The zero-order chi connectivity index (χ0) is 16.4. The van der Waals surface area contributed by atoms with Crippen LogP contribution in [-0.2, 0) is 4.79 Å². The Kier molecular flexibility index (Phi) is 5.17. The second kappa shape index (κ2) is 7.14. The molecule has 0 spiro atoms. The number of Topliss-reactive ketones (excluding diaryl/α,β-unsaturated/α-hetero) is 1. The minimum Gasteiger partial charge on any atom is -0.352 e. The van der Waals surface area contributed by atoms with Gasteiger partial charge in [0.15, 0.2) is 5.78 Å². The van der Waals surface area contributed by atoms with E-state index in [2.05, 4.69) is 10.2 Å². The zero-order valence-electron chi connectivity index (χ0n) is 14.1. The fraction of sp³-hybridized carbons (Fsp3) is 0.667. The largest absolute Gasteiger partial charge is 0.352 e. The first-order chi connectivity index (χ1) is 11.0. The molecule has 1 amide bonds. The van der Waals surface area contributed by atoms with Gasteiger partial charge in [-0.05, 0) is 45.7 Å². The molecule has 0 bridgehead atoms. The Balaban J connectivity index is 1.48. The Morgan fingerprint density at radius 1 is 1.22 bits per heavy atom. The molecule has 2 saturated heterocycles. The average molecular weight is 334 g/mol. The van der Waals surface area contributed by atoms with E-state index in [9.17, 15) is 9.59 Å². The van der Waals surface area contributed by atoms with Crippen molar-refractivity contribution >= 4 is 23.0 Å². The molecule has 2 aliphatic heterocycles. The first-order valence-corrected chi connectivity index (χ1v) is 9.50. The van der Waals surface area contributed by atoms with Crippen molar-refractivity contribution in [3.05, 3.63) is 21.4 Å². The van der Waals surface area contributed by atoms with Crippen LogP contribution in [0.5, 0.6) is 0 Å². The van der Waals surface area contributed by atoms with E-state index in [1.54, 1.807) is 11.3 Å². The van der Waals surface area contributed by atoms with Gasteiger partial charge in [-0.25, -0.2) is 0 Å². The second-order valence-corrected chi connectivity index (χ2v) is 8.27. The van der Waals surface area contributed by atoms with Gasteiger partial charge in [0, 0.05) is 46.8 Å². The van der Waals surface area contributed by atoms with Crippen LogP contribution in [0, 0.1) is 13.8 Å². The van der Waals surface area contributed by atoms with Crippen LogP contribution in [0.15, 0.2) is 6.07 Å². The summed E-state index contributed by atoms with van der Waals surface area (Å²) in [5, 5.41) is 3.17. The van der Waals surface area contributed by atoms with E-state index in [0.29, 0.717) is 18.9 Å². The molecule has 2 atom stereocenters. The highest BCUT2D eigenvalue weighted by Gasteiger charge is 2.36. The smallest absolute Gasteiger partial charge is 0.220 e. The van der Waals surface area contributed by atoms with Crippen molar-refractivity contribution in [1.29, 1.82) is 0 Å². The maximum Gasteiger partial charge on any atom is 0.220 e. The molecular weight excluding hydrogens is 308 g/mol. The first-order valence-electron chi connectivity index (χ1n) is 8.68. The first kappa shape index (κ1) is 16.7. The summed E-state index contributed by atoms with van der Waals surface area (Å²) < 4.78 is 0.